The number of aromatic amines is 2. The summed E-state index contributed by atoms with van der Waals surface area (Å²) in [5, 5.41) is 8.21. The van der Waals surface area contributed by atoms with Gasteiger partial charge in [0.1, 0.15) is 17.7 Å². The van der Waals surface area contributed by atoms with E-state index in [4.69, 9.17) is 4.74 Å². The third kappa shape index (κ3) is 4.16. The van der Waals surface area contributed by atoms with Crippen LogP contribution in [0.25, 0.3) is 0 Å². The van der Waals surface area contributed by atoms with Gasteiger partial charge in [-0.25, -0.2) is 14.3 Å². The van der Waals surface area contributed by atoms with Crippen molar-refractivity contribution in [1.29, 1.82) is 0 Å². The molecule has 0 saturated carbocycles. The first-order valence-corrected chi connectivity index (χ1v) is 6.43. The highest BCUT2D eigenvalue weighted by molar-refractivity contribution is 5.90. The Labute approximate surface area is 119 Å². The number of halogens is 1. The maximum atomic E-state index is 13.1. The Balaban J connectivity index is 1.90. The van der Waals surface area contributed by atoms with Gasteiger partial charge in [-0.15, -0.1) is 5.10 Å². The molecule has 0 aliphatic rings. The number of amides is 1. The molecule has 1 aromatic carbocycles. The van der Waals surface area contributed by atoms with Crippen molar-refractivity contribution in [3.63, 3.8) is 0 Å². The molecule has 1 heterocycles. The number of nitrogens with one attached hydrogen (secondary N) is 3. The van der Waals surface area contributed by atoms with Gasteiger partial charge in [-0.05, 0) is 18.6 Å². The molecule has 0 aliphatic carbocycles. The molecule has 3 N–H and O–H groups in total. The molecule has 112 valence electrons. The average Bonchev–Trinajstić information content (AvgIpc) is 2.90. The van der Waals surface area contributed by atoms with Crippen LogP contribution in [0.4, 0.5) is 4.39 Å². The largest absolute Gasteiger partial charge is 0.489 e. The van der Waals surface area contributed by atoms with E-state index in [1.807, 2.05) is 6.92 Å². The summed E-state index contributed by atoms with van der Waals surface area (Å²) < 4.78 is 18.6. The summed E-state index contributed by atoms with van der Waals surface area (Å²) in [5.74, 6) is -0.611. The Morgan fingerprint density at radius 2 is 2.33 bits per heavy atom. The standard InChI is InChI=1S/C13H15FN4O3/c1-2-9(21-10-5-3-4-8(14)6-10)7-15-12(19)11-16-13(20)18-17-11/h3-6,9H,2,7H2,1H3,(H,15,19)(H2,16,17,18,20)/t9-/m0/s1. The van der Waals surface area contributed by atoms with E-state index >= 15 is 0 Å². The quantitative estimate of drug-likeness (QED) is 0.734. The highest BCUT2D eigenvalue weighted by atomic mass is 19.1. The molecule has 2 aromatic rings. The molecule has 0 bridgehead atoms. The van der Waals surface area contributed by atoms with E-state index < -0.39 is 11.6 Å². The highest BCUT2D eigenvalue weighted by Gasteiger charge is 2.14. The molecule has 0 unspecified atom stereocenters. The summed E-state index contributed by atoms with van der Waals surface area (Å²) in [6.45, 7) is 2.09. The molecule has 0 radical (unpaired) electrons. The normalized spacial score (nSPS) is 11.9. The first-order chi connectivity index (χ1) is 10.1. The van der Waals surface area contributed by atoms with E-state index in [1.54, 1.807) is 12.1 Å². The number of carbonyl (C=O) groups excluding carboxylic acids is 1. The minimum absolute atomic E-state index is 0.0967. The molecule has 0 saturated heterocycles. The molecule has 7 nitrogen and oxygen atoms in total. The van der Waals surface area contributed by atoms with Crippen LogP contribution in [0.2, 0.25) is 0 Å². The molecule has 21 heavy (non-hydrogen) atoms. The van der Waals surface area contributed by atoms with E-state index in [9.17, 15) is 14.0 Å². The number of H-pyrrole nitrogens is 2. The lowest BCUT2D eigenvalue weighted by Crippen LogP contribution is -2.35. The van der Waals surface area contributed by atoms with E-state index in [2.05, 4.69) is 20.5 Å². The van der Waals surface area contributed by atoms with Crippen LogP contribution in [-0.2, 0) is 0 Å². The van der Waals surface area contributed by atoms with Crippen LogP contribution < -0.4 is 15.7 Å². The second-order valence-electron chi connectivity index (χ2n) is 4.34. The molecule has 1 amide bonds. The first kappa shape index (κ1) is 14.8. The van der Waals surface area contributed by atoms with Gasteiger partial charge in [0.05, 0.1) is 6.54 Å². The maximum Gasteiger partial charge on any atom is 0.341 e. The fourth-order valence-corrected chi connectivity index (χ4v) is 1.67. The Morgan fingerprint density at radius 1 is 1.52 bits per heavy atom. The fraction of sp³-hybridized carbons (Fsp3) is 0.308. The maximum absolute atomic E-state index is 13.1. The van der Waals surface area contributed by atoms with Gasteiger partial charge in [-0.3, -0.25) is 9.78 Å². The number of benzene rings is 1. The predicted molar refractivity (Wildman–Crippen MR) is 72.6 cm³/mol. The third-order valence-corrected chi connectivity index (χ3v) is 2.76. The summed E-state index contributed by atoms with van der Waals surface area (Å²) in [6, 6.07) is 5.78. The van der Waals surface area contributed by atoms with E-state index in [0.717, 1.165) is 0 Å². The summed E-state index contributed by atoms with van der Waals surface area (Å²) in [4.78, 5) is 24.8. The number of hydrogen-bond donors (Lipinski definition) is 3. The summed E-state index contributed by atoms with van der Waals surface area (Å²) in [7, 11) is 0. The average molecular weight is 294 g/mol. The van der Waals surface area contributed by atoms with Gasteiger partial charge in [-0.1, -0.05) is 13.0 Å². The third-order valence-electron chi connectivity index (χ3n) is 2.76. The van der Waals surface area contributed by atoms with E-state index in [-0.39, 0.29) is 24.3 Å². The van der Waals surface area contributed by atoms with Crippen LogP contribution in [-0.4, -0.2) is 33.7 Å². The zero-order valence-corrected chi connectivity index (χ0v) is 11.4. The number of aromatic nitrogens is 3. The van der Waals surface area contributed by atoms with Crippen molar-refractivity contribution in [2.24, 2.45) is 0 Å². The van der Waals surface area contributed by atoms with Gasteiger partial charge in [0.15, 0.2) is 0 Å². The summed E-state index contributed by atoms with van der Waals surface area (Å²) in [6.07, 6.45) is 0.301. The van der Waals surface area contributed by atoms with Crippen LogP contribution in [0.3, 0.4) is 0 Å². The Morgan fingerprint density at radius 3 is 2.95 bits per heavy atom. The predicted octanol–water partition coefficient (Wildman–Crippen LogP) is 0.824. The molecule has 2 rings (SSSR count). The van der Waals surface area contributed by atoms with Gasteiger partial charge in [0, 0.05) is 6.07 Å². The Bertz CT molecular complexity index is 667. The zero-order valence-electron chi connectivity index (χ0n) is 11.4. The Hall–Kier alpha value is -2.64. The van der Waals surface area contributed by atoms with E-state index in [1.165, 1.54) is 12.1 Å². The smallest absolute Gasteiger partial charge is 0.341 e. The fourth-order valence-electron chi connectivity index (χ4n) is 1.67. The van der Waals surface area contributed by atoms with Gasteiger partial charge in [0.2, 0.25) is 5.82 Å². The van der Waals surface area contributed by atoms with Crippen molar-refractivity contribution in [1.82, 2.24) is 20.5 Å². The zero-order chi connectivity index (χ0) is 15.2. The molecule has 0 aliphatic heterocycles. The number of ether oxygens (including phenoxy) is 1. The minimum Gasteiger partial charge on any atom is -0.489 e. The number of rotatable bonds is 6. The van der Waals surface area contributed by atoms with Crippen molar-refractivity contribution in [2.45, 2.75) is 19.4 Å². The lowest BCUT2D eigenvalue weighted by Gasteiger charge is -2.17. The molecular weight excluding hydrogens is 279 g/mol. The topological polar surface area (TPSA) is 99.9 Å². The SMILES string of the molecule is CC[C@@H](CNC(=O)c1n[nH]c(=O)[nH]1)Oc1cccc(F)c1. The first-order valence-electron chi connectivity index (χ1n) is 6.43. The van der Waals surface area contributed by atoms with Gasteiger partial charge < -0.3 is 10.1 Å². The van der Waals surface area contributed by atoms with Crippen LogP contribution in [0.15, 0.2) is 29.1 Å². The molecular formula is C13H15FN4O3. The molecule has 8 heteroatoms. The van der Waals surface area contributed by atoms with Crippen molar-refractivity contribution in [3.05, 3.63) is 46.4 Å². The monoisotopic (exact) mass is 294 g/mol. The van der Waals surface area contributed by atoms with Crippen LogP contribution in [0, 0.1) is 5.82 Å². The second kappa shape index (κ2) is 6.69. The lowest BCUT2D eigenvalue weighted by molar-refractivity contribution is 0.0916. The number of nitrogens with zero attached hydrogens (tertiary/aromatic N) is 1. The molecule has 0 fully saturated rings. The van der Waals surface area contributed by atoms with Crippen LogP contribution in [0.5, 0.6) is 5.75 Å². The number of carbonyl (C=O) groups is 1. The Kier molecular flexibility index (Phi) is 4.70. The van der Waals surface area contributed by atoms with Crippen molar-refractivity contribution < 1.29 is 13.9 Å². The lowest BCUT2D eigenvalue weighted by atomic mass is 10.2. The minimum atomic E-state index is -0.553. The number of hydrogen-bond acceptors (Lipinski definition) is 4. The molecule has 1 aromatic heterocycles. The summed E-state index contributed by atoms with van der Waals surface area (Å²) in [5.41, 5.74) is -0.553. The van der Waals surface area contributed by atoms with Gasteiger partial charge >= 0.3 is 5.69 Å². The molecule has 1 atom stereocenters. The molecule has 0 spiro atoms. The highest BCUT2D eigenvalue weighted by Crippen LogP contribution is 2.14. The van der Waals surface area contributed by atoms with Crippen molar-refractivity contribution >= 4 is 5.91 Å². The van der Waals surface area contributed by atoms with Crippen LogP contribution >= 0.6 is 0 Å². The van der Waals surface area contributed by atoms with Crippen molar-refractivity contribution in [3.8, 4) is 5.75 Å². The van der Waals surface area contributed by atoms with E-state index in [0.29, 0.717) is 12.2 Å². The van der Waals surface area contributed by atoms with Crippen molar-refractivity contribution in [2.75, 3.05) is 6.54 Å². The van der Waals surface area contributed by atoms with Gasteiger partial charge in [-0.2, -0.15) is 0 Å². The second-order valence-corrected chi connectivity index (χ2v) is 4.34. The van der Waals surface area contributed by atoms with Crippen LogP contribution in [0.1, 0.15) is 24.0 Å². The van der Waals surface area contributed by atoms with Gasteiger partial charge in [0.25, 0.3) is 5.91 Å². The summed E-state index contributed by atoms with van der Waals surface area (Å²) >= 11 is 0.